The number of likely N-dealkylation sites (tertiary alicyclic amines) is 1. The summed E-state index contributed by atoms with van der Waals surface area (Å²) < 4.78 is 36.7. The molecule has 4 amide bonds. The van der Waals surface area contributed by atoms with Crippen LogP contribution in [0, 0.1) is 18.6 Å². The van der Waals surface area contributed by atoms with Gasteiger partial charge in [0.25, 0.3) is 5.91 Å². The molecule has 2 aromatic heterocycles. The van der Waals surface area contributed by atoms with E-state index in [-0.39, 0.29) is 28.8 Å². The summed E-state index contributed by atoms with van der Waals surface area (Å²) in [5.41, 5.74) is 5.93. The van der Waals surface area contributed by atoms with Gasteiger partial charge in [0.2, 0.25) is 5.91 Å². The maximum atomic E-state index is 15.2. The third kappa shape index (κ3) is 9.75. The molecular weight excluding hydrogens is 843 g/mol. The number of piperidine rings is 1. The fourth-order valence-corrected chi connectivity index (χ4v) is 9.38. The summed E-state index contributed by atoms with van der Waals surface area (Å²) in [5, 5.41) is 16.0. The van der Waals surface area contributed by atoms with Crippen LogP contribution in [0.1, 0.15) is 72.1 Å². The number of anilines is 2. The first-order valence-electron chi connectivity index (χ1n) is 22.6. The molecule has 0 atom stereocenters. The van der Waals surface area contributed by atoms with Crippen molar-refractivity contribution in [2.24, 2.45) is 0 Å². The molecule has 66 heavy (non-hydrogen) atoms. The molecule has 3 fully saturated rings. The predicted octanol–water partition coefficient (Wildman–Crippen LogP) is 8.10. The molecule has 0 unspecified atom stereocenters. The van der Waals surface area contributed by atoms with Gasteiger partial charge in [0.15, 0.2) is 0 Å². The third-order valence-corrected chi connectivity index (χ3v) is 13.2. The second-order valence-corrected chi connectivity index (χ2v) is 18.3. The predicted molar refractivity (Wildman–Crippen MR) is 249 cm³/mol. The molecule has 6 aromatic rings. The lowest BCUT2D eigenvalue weighted by atomic mass is 9.89. The van der Waals surface area contributed by atoms with Gasteiger partial charge in [-0.25, -0.2) is 23.5 Å². The van der Waals surface area contributed by atoms with Gasteiger partial charge in [0.05, 0.1) is 29.1 Å². The fraction of sp³-hybridized carbons (Fsp3) is 0.353. The number of morpholine rings is 1. The van der Waals surface area contributed by atoms with Crippen molar-refractivity contribution in [1.82, 2.24) is 30.1 Å². The van der Waals surface area contributed by atoms with E-state index in [1.165, 1.54) is 55.6 Å². The van der Waals surface area contributed by atoms with Gasteiger partial charge >= 0.3 is 6.03 Å². The number of halogens is 2. The lowest BCUT2D eigenvalue weighted by Gasteiger charge is -2.47. The number of rotatable bonds is 12. The number of hydrogen-bond acceptors (Lipinski definition) is 9. The van der Waals surface area contributed by atoms with Crippen molar-refractivity contribution in [2.45, 2.75) is 70.6 Å². The van der Waals surface area contributed by atoms with Crippen LogP contribution >= 0.6 is 0 Å². The summed E-state index contributed by atoms with van der Waals surface area (Å²) in [6.45, 7) is 11.5. The van der Waals surface area contributed by atoms with E-state index in [0.29, 0.717) is 46.4 Å². The van der Waals surface area contributed by atoms with Crippen molar-refractivity contribution in [3.05, 3.63) is 131 Å². The maximum absolute atomic E-state index is 15.2. The highest BCUT2D eigenvalue weighted by molar-refractivity contribution is 6.06. The lowest BCUT2D eigenvalue weighted by molar-refractivity contribution is -0.136. The first-order valence-corrected chi connectivity index (χ1v) is 22.6. The van der Waals surface area contributed by atoms with E-state index in [4.69, 9.17) is 4.74 Å². The van der Waals surface area contributed by atoms with Crippen LogP contribution in [0.2, 0.25) is 0 Å². The van der Waals surface area contributed by atoms with Crippen LogP contribution in [-0.4, -0.2) is 99.2 Å². The number of nitrogens with one attached hydrogen (secondary N) is 3. The Hall–Kier alpha value is -6.39. The number of H-pyrrole nitrogens is 1. The monoisotopic (exact) mass is 896 g/mol. The average molecular weight is 897 g/mol. The molecular formula is C51H54F2N8O5. The highest BCUT2D eigenvalue weighted by atomic mass is 19.1. The number of fused-ring (bicyclic) bond motifs is 1. The number of imide groups is 1. The molecule has 9 rings (SSSR count). The van der Waals surface area contributed by atoms with Gasteiger partial charge < -0.3 is 20.1 Å². The number of carbonyl (C=O) groups excluding carboxylic acids is 3. The van der Waals surface area contributed by atoms with Crippen LogP contribution in [0.3, 0.4) is 0 Å². The smallest absolute Gasteiger partial charge is 0.328 e. The zero-order valence-corrected chi connectivity index (χ0v) is 37.4. The van der Waals surface area contributed by atoms with Crippen LogP contribution in [-0.2, 0) is 28.1 Å². The average Bonchev–Trinajstić information content (AvgIpc) is 3.74. The Bertz CT molecular complexity index is 2780. The first-order chi connectivity index (χ1) is 31.7. The van der Waals surface area contributed by atoms with E-state index >= 15 is 8.78 Å². The van der Waals surface area contributed by atoms with Crippen molar-refractivity contribution in [3.8, 4) is 22.5 Å². The van der Waals surface area contributed by atoms with Crippen molar-refractivity contribution in [2.75, 3.05) is 56.1 Å². The Kier molecular flexibility index (Phi) is 12.5. The molecule has 0 aliphatic carbocycles. The van der Waals surface area contributed by atoms with Crippen LogP contribution < -0.4 is 15.5 Å². The first kappa shape index (κ1) is 44.8. The summed E-state index contributed by atoms with van der Waals surface area (Å²) in [6.07, 6.45) is 5.66. The minimum atomic E-state index is -1.29. The fourth-order valence-electron chi connectivity index (χ4n) is 9.38. The SMILES string of the molecule is Cc1c(NC(=O)c2ccc(C(C)(C)O)cc2F)cc(F)cc1-c1ncnc2[nH]c(-c3ccc(CN4CCC5(CC4)CN(CCCc4ccc(N6CCC(=O)NC6=O)cc4)CCO5)cc3)cc12. The molecule has 3 aliphatic rings. The van der Waals surface area contributed by atoms with Crippen molar-refractivity contribution in [1.29, 1.82) is 0 Å². The van der Waals surface area contributed by atoms with Gasteiger partial charge in [-0.15, -0.1) is 0 Å². The number of carbonyl (C=O) groups is 3. The molecule has 5 heterocycles. The van der Waals surface area contributed by atoms with Gasteiger partial charge in [0, 0.05) is 73.7 Å². The highest BCUT2D eigenvalue weighted by Crippen LogP contribution is 2.36. The largest absolute Gasteiger partial charge is 0.386 e. The van der Waals surface area contributed by atoms with E-state index in [1.807, 2.05) is 18.2 Å². The van der Waals surface area contributed by atoms with Crippen molar-refractivity contribution < 1.29 is 33.0 Å². The number of ether oxygens (including phenoxy) is 1. The van der Waals surface area contributed by atoms with E-state index in [0.717, 1.165) is 94.6 Å². The summed E-state index contributed by atoms with van der Waals surface area (Å²) in [7, 11) is 0. The highest BCUT2D eigenvalue weighted by Gasteiger charge is 2.39. The second kappa shape index (κ2) is 18.5. The third-order valence-electron chi connectivity index (χ3n) is 13.2. The lowest BCUT2D eigenvalue weighted by Crippen LogP contribution is -2.56. The molecule has 3 saturated heterocycles. The van der Waals surface area contributed by atoms with E-state index < -0.39 is 23.1 Å². The van der Waals surface area contributed by atoms with Gasteiger partial charge in [0.1, 0.15) is 23.6 Å². The number of hydrogen-bond donors (Lipinski definition) is 4. The molecule has 1 spiro atoms. The quantitative estimate of drug-likeness (QED) is 0.0954. The summed E-state index contributed by atoms with van der Waals surface area (Å²) in [6, 6.07) is 24.6. The van der Waals surface area contributed by atoms with Gasteiger partial charge in [-0.3, -0.25) is 29.6 Å². The number of benzene rings is 4. The Morgan fingerprint density at radius 1 is 0.909 bits per heavy atom. The zero-order valence-electron chi connectivity index (χ0n) is 37.4. The number of nitrogens with zero attached hydrogens (tertiary/aromatic N) is 5. The van der Waals surface area contributed by atoms with Gasteiger partial charge in [-0.2, -0.15) is 0 Å². The van der Waals surface area contributed by atoms with E-state index in [1.54, 1.807) is 11.8 Å². The molecule has 0 radical (unpaired) electrons. The van der Waals surface area contributed by atoms with Crippen LogP contribution in [0.4, 0.5) is 25.0 Å². The molecule has 4 aromatic carbocycles. The topological polar surface area (TPSA) is 156 Å². The van der Waals surface area contributed by atoms with Gasteiger partial charge in [-0.1, -0.05) is 42.5 Å². The van der Waals surface area contributed by atoms with E-state index in [9.17, 15) is 19.5 Å². The molecule has 4 N–H and O–H groups in total. The number of aromatic nitrogens is 3. The van der Waals surface area contributed by atoms with Crippen LogP contribution in [0.25, 0.3) is 33.5 Å². The van der Waals surface area contributed by atoms with Crippen molar-refractivity contribution in [3.63, 3.8) is 0 Å². The molecule has 13 nitrogen and oxygen atoms in total. The molecule has 342 valence electrons. The maximum Gasteiger partial charge on any atom is 0.328 e. The summed E-state index contributed by atoms with van der Waals surface area (Å²) in [4.78, 5) is 56.0. The molecule has 3 aliphatic heterocycles. The number of aryl methyl sites for hydroxylation is 1. The standard InChI is InChI=1S/C51H54F2N8O5/c1-32-40(26-37(52)27-43(32)57-48(63)39-15-12-36(25-42(39)53)50(2,3)65)46-41-28-44(56-47(41)55-31-54-46)35-10-6-34(7-11-35)29-59-21-17-51(18-22-59)30-60(23-24-66-51)19-4-5-33-8-13-38(14-9-33)61-20-16-45(62)58-49(61)64/h6-15,25-28,31,65H,4-5,16-24,29-30H2,1-3H3,(H,57,63)(H,54,55,56)(H,58,62,64). The Morgan fingerprint density at radius 2 is 1.67 bits per heavy atom. The Labute approximate surface area is 382 Å². The summed E-state index contributed by atoms with van der Waals surface area (Å²) >= 11 is 0. The summed E-state index contributed by atoms with van der Waals surface area (Å²) in [5.74, 6) is -2.38. The number of amides is 4. The number of aliphatic hydroxyl groups is 1. The van der Waals surface area contributed by atoms with Crippen LogP contribution in [0.5, 0.6) is 0 Å². The Morgan fingerprint density at radius 3 is 2.39 bits per heavy atom. The molecule has 0 bridgehead atoms. The Balaban J connectivity index is 0.791. The molecule has 0 saturated carbocycles. The number of urea groups is 1. The minimum Gasteiger partial charge on any atom is -0.386 e. The second-order valence-electron chi connectivity index (χ2n) is 18.3. The number of aromatic amines is 1. The minimum absolute atomic E-state index is 0.126. The molecule has 15 heteroatoms. The van der Waals surface area contributed by atoms with Crippen LogP contribution in [0.15, 0.2) is 91.3 Å². The normalized spacial score (nSPS) is 17.1. The van der Waals surface area contributed by atoms with E-state index in [2.05, 4.69) is 71.8 Å². The van der Waals surface area contributed by atoms with Crippen molar-refractivity contribution >= 4 is 40.3 Å². The zero-order chi connectivity index (χ0) is 46.2. The van der Waals surface area contributed by atoms with Gasteiger partial charge in [-0.05, 0) is 123 Å².